The van der Waals surface area contributed by atoms with Crippen LogP contribution in [0.1, 0.15) is 60.4 Å². The highest BCUT2D eigenvalue weighted by atomic mass is 16.2. The number of hydrogen-bond donors (Lipinski definition) is 3. The molecule has 0 atom stereocenters. The van der Waals surface area contributed by atoms with Gasteiger partial charge in [0.25, 0.3) is 5.91 Å². The summed E-state index contributed by atoms with van der Waals surface area (Å²) < 4.78 is 0. The second-order valence-electron chi connectivity index (χ2n) is 8.93. The van der Waals surface area contributed by atoms with Gasteiger partial charge in [0.05, 0.1) is 16.8 Å². The van der Waals surface area contributed by atoms with Crippen molar-refractivity contribution in [3.63, 3.8) is 0 Å². The molecule has 1 aliphatic heterocycles. The van der Waals surface area contributed by atoms with Crippen molar-refractivity contribution in [3.8, 4) is 0 Å². The number of pyridine rings is 1. The second kappa shape index (κ2) is 11.1. The number of piperidine rings is 1. The third-order valence-electron chi connectivity index (χ3n) is 6.61. The first-order valence-corrected chi connectivity index (χ1v) is 12.1. The molecule has 178 valence electrons. The Hall–Kier alpha value is -3.45. The third kappa shape index (κ3) is 5.54. The fourth-order valence-electron chi connectivity index (χ4n) is 4.67. The highest BCUT2D eigenvalue weighted by Crippen LogP contribution is 2.34. The average molecular weight is 460 g/mol. The number of nitrogens with two attached hydrogens (primary N) is 2. The number of amides is 2. The number of hydrogen-bond acceptors (Lipinski definition) is 5. The van der Waals surface area contributed by atoms with Crippen molar-refractivity contribution in [2.24, 2.45) is 11.5 Å². The van der Waals surface area contributed by atoms with Crippen LogP contribution in [0.4, 0.5) is 11.4 Å². The van der Waals surface area contributed by atoms with Crippen LogP contribution in [-0.4, -0.2) is 41.3 Å². The maximum atomic E-state index is 12.5. The zero-order valence-electron chi connectivity index (χ0n) is 19.5. The number of para-hydroxylation sites is 1. The molecule has 0 unspecified atom stereocenters. The molecule has 2 aromatic carbocycles. The maximum absolute atomic E-state index is 12.5. The molecule has 1 aliphatic rings. The third-order valence-corrected chi connectivity index (χ3v) is 6.61. The largest absolute Gasteiger partial charge is 0.365 e. The van der Waals surface area contributed by atoms with Crippen molar-refractivity contribution < 1.29 is 9.59 Å². The van der Waals surface area contributed by atoms with E-state index in [1.54, 1.807) is 0 Å². The number of nitrogens with zero attached hydrogens (tertiary/aromatic N) is 2. The molecule has 34 heavy (non-hydrogen) atoms. The average Bonchev–Trinajstić information content (AvgIpc) is 2.87. The molecule has 1 saturated heterocycles. The van der Waals surface area contributed by atoms with Gasteiger partial charge in [-0.1, -0.05) is 30.7 Å². The Morgan fingerprint density at radius 3 is 2.50 bits per heavy atom. The number of carbonyl (C=O) groups excluding carboxylic acids is 2. The minimum atomic E-state index is -0.517. The Labute approximate surface area is 200 Å². The van der Waals surface area contributed by atoms with E-state index in [1.165, 1.54) is 11.8 Å². The van der Waals surface area contributed by atoms with E-state index in [2.05, 4.69) is 22.4 Å². The molecule has 1 aromatic heterocycles. The number of primary amides is 1. The number of fused-ring (bicyclic) bond motifs is 1. The number of aromatic nitrogens is 1. The minimum absolute atomic E-state index is 0.249. The summed E-state index contributed by atoms with van der Waals surface area (Å²) in [5.41, 5.74) is 15.1. The van der Waals surface area contributed by atoms with Gasteiger partial charge in [0, 0.05) is 36.8 Å². The van der Waals surface area contributed by atoms with E-state index in [1.807, 2.05) is 41.3 Å². The molecule has 0 radical (unpaired) electrons. The summed E-state index contributed by atoms with van der Waals surface area (Å²) in [5.74, 6) is 0.0858. The second-order valence-corrected chi connectivity index (χ2v) is 8.93. The van der Waals surface area contributed by atoms with Gasteiger partial charge < -0.3 is 21.7 Å². The topological polar surface area (TPSA) is 114 Å². The molecule has 4 rings (SSSR count). The van der Waals surface area contributed by atoms with Crippen molar-refractivity contribution >= 4 is 34.1 Å². The van der Waals surface area contributed by atoms with E-state index in [4.69, 9.17) is 11.5 Å². The van der Waals surface area contributed by atoms with Crippen molar-refractivity contribution in [2.45, 2.75) is 44.4 Å². The SMILES string of the molecule is NCCCCCC(=O)N1CCC(c2ccc3ncc(C(N)=O)c(Nc4ccccc4)c3c2)CC1. The quantitative estimate of drug-likeness (QED) is 0.413. The Morgan fingerprint density at radius 1 is 1.03 bits per heavy atom. The van der Waals surface area contributed by atoms with Gasteiger partial charge in [0.2, 0.25) is 5.91 Å². The first-order valence-electron chi connectivity index (χ1n) is 12.1. The van der Waals surface area contributed by atoms with Gasteiger partial charge in [0.1, 0.15) is 0 Å². The Kier molecular flexibility index (Phi) is 7.75. The van der Waals surface area contributed by atoms with E-state index in [9.17, 15) is 9.59 Å². The molecule has 0 saturated carbocycles. The summed E-state index contributed by atoms with van der Waals surface area (Å²) in [5, 5.41) is 4.25. The lowest BCUT2D eigenvalue weighted by Crippen LogP contribution is -2.37. The summed E-state index contributed by atoms with van der Waals surface area (Å²) >= 11 is 0. The first-order chi connectivity index (χ1) is 16.6. The van der Waals surface area contributed by atoms with Crippen LogP contribution in [-0.2, 0) is 4.79 Å². The van der Waals surface area contributed by atoms with Gasteiger partial charge in [-0.3, -0.25) is 14.6 Å². The van der Waals surface area contributed by atoms with Crippen LogP contribution in [0.2, 0.25) is 0 Å². The standard InChI is InChI=1S/C27H33N5O2/c28-14-6-2-5-9-25(33)32-15-12-19(13-16-32)20-10-11-24-22(17-20)26(23(18-30-24)27(29)34)31-21-7-3-1-4-8-21/h1,3-4,7-8,10-11,17-19H,2,5-6,9,12-16,28H2,(H2,29,34)(H,30,31). The number of likely N-dealkylation sites (tertiary alicyclic amines) is 1. The number of rotatable bonds is 9. The molecular formula is C27H33N5O2. The summed E-state index contributed by atoms with van der Waals surface area (Å²) in [7, 11) is 0. The molecule has 3 aromatic rings. The normalized spacial score (nSPS) is 14.3. The van der Waals surface area contributed by atoms with Gasteiger partial charge >= 0.3 is 0 Å². The van der Waals surface area contributed by atoms with Crippen LogP contribution in [0.25, 0.3) is 10.9 Å². The number of unbranched alkanes of at least 4 members (excludes halogenated alkanes) is 2. The van der Waals surface area contributed by atoms with Crippen molar-refractivity contribution in [2.75, 3.05) is 25.0 Å². The number of anilines is 2. The molecule has 5 N–H and O–H groups in total. The van der Waals surface area contributed by atoms with E-state index in [0.29, 0.717) is 30.1 Å². The van der Waals surface area contributed by atoms with Gasteiger partial charge in [-0.05, 0) is 68.0 Å². The van der Waals surface area contributed by atoms with Crippen LogP contribution in [0, 0.1) is 0 Å². The summed E-state index contributed by atoms with van der Waals surface area (Å²) in [6.45, 7) is 2.23. The summed E-state index contributed by atoms with van der Waals surface area (Å²) in [6, 6.07) is 16.0. The predicted molar refractivity (Wildman–Crippen MR) is 136 cm³/mol. The Bertz CT molecular complexity index is 1140. The highest BCUT2D eigenvalue weighted by Gasteiger charge is 2.24. The van der Waals surface area contributed by atoms with Crippen molar-refractivity contribution in [1.82, 2.24) is 9.88 Å². The highest BCUT2D eigenvalue weighted by molar-refractivity contribution is 6.07. The zero-order valence-corrected chi connectivity index (χ0v) is 19.5. The number of benzene rings is 2. The molecule has 2 heterocycles. The molecule has 2 amide bonds. The van der Waals surface area contributed by atoms with Gasteiger partial charge in [-0.25, -0.2) is 0 Å². The van der Waals surface area contributed by atoms with Crippen molar-refractivity contribution in [3.05, 3.63) is 65.9 Å². The monoisotopic (exact) mass is 459 g/mol. The van der Waals surface area contributed by atoms with E-state index < -0.39 is 5.91 Å². The molecule has 0 bridgehead atoms. The maximum Gasteiger partial charge on any atom is 0.252 e. The Balaban J connectivity index is 1.52. The summed E-state index contributed by atoms with van der Waals surface area (Å²) in [4.78, 5) is 31.1. The summed E-state index contributed by atoms with van der Waals surface area (Å²) in [6.07, 6.45) is 6.88. The first kappa shape index (κ1) is 23.7. The smallest absolute Gasteiger partial charge is 0.252 e. The number of carbonyl (C=O) groups is 2. The van der Waals surface area contributed by atoms with E-state index in [0.717, 1.165) is 61.8 Å². The minimum Gasteiger partial charge on any atom is -0.365 e. The zero-order chi connectivity index (χ0) is 23.9. The molecule has 7 nitrogen and oxygen atoms in total. The van der Waals surface area contributed by atoms with Gasteiger partial charge in [-0.15, -0.1) is 0 Å². The molecule has 0 aliphatic carbocycles. The van der Waals surface area contributed by atoms with Gasteiger partial charge in [0.15, 0.2) is 0 Å². The van der Waals surface area contributed by atoms with Crippen LogP contribution in [0.3, 0.4) is 0 Å². The Morgan fingerprint density at radius 2 is 1.79 bits per heavy atom. The molecule has 0 spiro atoms. The number of nitrogens with one attached hydrogen (secondary N) is 1. The van der Waals surface area contributed by atoms with Crippen LogP contribution < -0.4 is 16.8 Å². The van der Waals surface area contributed by atoms with E-state index >= 15 is 0 Å². The molecule has 1 fully saturated rings. The fraction of sp³-hybridized carbons (Fsp3) is 0.370. The van der Waals surface area contributed by atoms with E-state index in [-0.39, 0.29) is 5.91 Å². The lowest BCUT2D eigenvalue weighted by molar-refractivity contribution is -0.132. The lowest BCUT2D eigenvalue weighted by atomic mass is 9.88. The molecular weight excluding hydrogens is 426 g/mol. The van der Waals surface area contributed by atoms with Crippen LogP contribution >= 0.6 is 0 Å². The van der Waals surface area contributed by atoms with Gasteiger partial charge in [-0.2, -0.15) is 0 Å². The van der Waals surface area contributed by atoms with Crippen LogP contribution in [0.15, 0.2) is 54.7 Å². The predicted octanol–water partition coefficient (Wildman–Crippen LogP) is 4.30. The van der Waals surface area contributed by atoms with Crippen LogP contribution in [0.5, 0.6) is 0 Å². The lowest BCUT2D eigenvalue weighted by Gasteiger charge is -2.32. The molecule has 7 heteroatoms. The van der Waals surface area contributed by atoms with Crippen molar-refractivity contribution in [1.29, 1.82) is 0 Å². The fourth-order valence-corrected chi connectivity index (χ4v) is 4.67.